The molecule has 0 radical (unpaired) electrons. The number of aromatic nitrogens is 3. The van der Waals surface area contributed by atoms with Gasteiger partial charge in [-0.25, -0.2) is 14.2 Å². The summed E-state index contributed by atoms with van der Waals surface area (Å²) in [6, 6.07) is 8.02. The van der Waals surface area contributed by atoms with Gasteiger partial charge in [0.05, 0.1) is 23.3 Å². The summed E-state index contributed by atoms with van der Waals surface area (Å²) >= 11 is 0. The fourth-order valence-corrected chi connectivity index (χ4v) is 4.22. The first-order valence-corrected chi connectivity index (χ1v) is 11.0. The molecular formula is C23H26FN7O2. The minimum Gasteiger partial charge on any atom is -0.465 e. The van der Waals surface area contributed by atoms with Gasteiger partial charge in [0.25, 0.3) is 0 Å². The molecule has 3 aromatic rings. The molecule has 0 bridgehead atoms. The van der Waals surface area contributed by atoms with Crippen LogP contribution in [0.15, 0.2) is 30.5 Å². The van der Waals surface area contributed by atoms with Crippen LogP contribution in [0, 0.1) is 23.1 Å². The molecule has 2 heterocycles. The van der Waals surface area contributed by atoms with Gasteiger partial charge in [-0.1, -0.05) is 6.42 Å². The molecule has 1 aromatic carbocycles. The fraction of sp³-hybridized carbons (Fsp3) is 0.391. The number of nitriles is 1. The first-order valence-electron chi connectivity index (χ1n) is 11.0. The lowest BCUT2D eigenvalue weighted by molar-refractivity contribution is 0.180. The maximum atomic E-state index is 14.8. The molecule has 2 aromatic heterocycles. The Bertz CT molecular complexity index is 1220. The number of amides is 1. The molecule has 4 N–H and O–H groups in total. The molecule has 0 aliphatic heterocycles. The molecular weight excluding hydrogens is 425 g/mol. The van der Waals surface area contributed by atoms with E-state index in [9.17, 15) is 14.4 Å². The van der Waals surface area contributed by atoms with Crippen molar-refractivity contribution < 1.29 is 14.3 Å². The zero-order chi connectivity index (χ0) is 23.5. The first-order chi connectivity index (χ1) is 15.9. The summed E-state index contributed by atoms with van der Waals surface area (Å²) < 4.78 is 16.7. The summed E-state index contributed by atoms with van der Waals surface area (Å²) in [5.74, 6) is -0.261. The highest BCUT2D eigenvalue weighted by molar-refractivity contribution is 5.83. The molecule has 2 atom stereocenters. The number of hydrogen-bond acceptors (Lipinski definition) is 6. The van der Waals surface area contributed by atoms with E-state index in [1.807, 2.05) is 35.9 Å². The van der Waals surface area contributed by atoms with Gasteiger partial charge < -0.3 is 21.1 Å². The van der Waals surface area contributed by atoms with E-state index in [0.717, 1.165) is 42.8 Å². The number of nitrogens with one attached hydrogen (secondary N) is 3. The van der Waals surface area contributed by atoms with E-state index in [1.165, 1.54) is 0 Å². The average molecular weight is 452 g/mol. The van der Waals surface area contributed by atoms with E-state index in [1.54, 1.807) is 13.1 Å². The Kier molecular flexibility index (Phi) is 6.31. The quantitative estimate of drug-likeness (QED) is 0.398. The lowest BCUT2D eigenvalue weighted by Crippen LogP contribution is -2.50. The molecule has 33 heavy (non-hydrogen) atoms. The smallest absolute Gasteiger partial charge is 0.404 e. The Labute approximate surface area is 190 Å². The number of rotatable bonds is 8. The second-order valence-corrected chi connectivity index (χ2v) is 8.28. The Balaban J connectivity index is 1.62. The second-order valence-electron chi connectivity index (χ2n) is 8.28. The van der Waals surface area contributed by atoms with E-state index in [0.29, 0.717) is 5.69 Å². The SMILES string of the molecule is CCn1ncc2cc(Nc3nc(N[C@@H](C4CCC4)[C@H](C)NC(=O)O)c(F)cc3C#N)ccc21. The van der Waals surface area contributed by atoms with Crippen LogP contribution in [-0.2, 0) is 6.54 Å². The summed E-state index contributed by atoms with van der Waals surface area (Å²) in [6.45, 7) is 4.51. The van der Waals surface area contributed by atoms with Crippen molar-refractivity contribution in [1.29, 1.82) is 5.26 Å². The van der Waals surface area contributed by atoms with E-state index >= 15 is 0 Å². The predicted octanol–water partition coefficient (Wildman–Crippen LogP) is 4.44. The number of anilines is 3. The molecule has 1 aliphatic rings. The third kappa shape index (κ3) is 4.67. The van der Waals surface area contributed by atoms with Crippen LogP contribution in [0.2, 0.25) is 0 Å². The maximum Gasteiger partial charge on any atom is 0.404 e. The Morgan fingerprint density at radius 2 is 2.15 bits per heavy atom. The minimum atomic E-state index is -1.13. The van der Waals surface area contributed by atoms with Crippen LogP contribution in [0.4, 0.5) is 26.5 Å². The van der Waals surface area contributed by atoms with Crippen molar-refractivity contribution in [2.45, 2.75) is 51.7 Å². The maximum absolute atomic E-state index is 14.8. The molecule has 0 saturated heterocycles. The van der Waals surface area contributed by atoms with E-state index in [-0.39, 0.29) is 29.2 Å². The van der Waals surface area contributed by atoms with Gasteiger partial charge in [0.2, 0.25) is 0 Å². The molecule has 10 heteroatoms. The summed E-state index contributed by atoms with van der Waals surface area (Å²) in [7, 11) is 0. The van der Waals surface area contributed by atoms with Crippen molar-refractivity contribution in [2.75, 3.05) is 10.6 Å². The van der Waals surface area contributed by atoms with Gasteiger partial charge in [-0.2, -0.15) is 10.4 Å². The number of benzene rings is 1. The van der Waals surface area contributed by atoms with Gasteiger partial charge in [-0.05, 0) is 56.9 Å². The first kappa shape index (κ1) is 22.3. The largest absolute Gasteiger partial charge is 0.465 e. The summed E-state index contributed by atoms with van der Waals surface area (Å²) in [5.41, 5.74) is 1.75. The lowest BCUT2D eigenvalue weighted by atomic mass is 9.77. The van der Waals surface area contributed by atoms with Crippen LogP contribution in [0.1, 0.15) is 38.7 Å². The normalized spacial score (nSPS) is 15.3. The molecule has 4 rings (SSSR count). The minimum absolute atomic E-state index is 0.0210. The van der Waals surface area contributed by atoms with Crippen molar-refractivity contribution in [3.05, 3.63) is 41.8 Å². The summed E-state index contributed by atoms with van der Waals surface area (Å²) in [4.78, 5) is 15.5. The van der Waals surface area contributed by atoms with Crippen molar-refractivity contribution >= 4 is 34.3 Å². The van der Waals surface area contributed by atoms with Crippen molar-refractivity contribution in [1.82, 2.24) is 20.1 Å². The number of carboxylic acid groups (broad SMARTS) is 1. The molecule has 1 aliphatic carbocycles. The number of carbonyl (C=O) groups is 1. The van der Waals surface area contributed by atoms with Gasteiger partial charge in [0, 0.05) is 23.7 Å². The highest BCUT2D eigenvalue weighted by Gasteiger charge is 2.33. The van der Waals surface area contributed by atoms with Crippen LogP contribution in [0.5, 0.6) is 0 Å². The molecule has 1 saturated carbocycles. The van der Waals surface area contributed by atoms with Gasteiger partial charge in [-0.3, -0.25) is 4.68 Å². The Hall–Kier alpha value is -3.87. The third-order valence-electron chi connectivity index (χ3n) is 6.15. The second kappa shape index (κ2) is 9.32. The van der Waals surface area contributed by atoms with Gasteiger partial charge in [0.15, 0.2) is 17.5 Å². The Morgan fingerprint density at radius 1 is 1.36 bits per heavy atom. The van der Waals surface area contributed by atoms with Crippen LogP contribution >= 0.6 is 0 Å². The monoisotopic (exact) mass is 451 g/mol. The number of nitrogens with zero attached hydrogens (tertiary/aromatic N) is 4. The van der Waals surface area contributed by atoms with Crippen molar-refractivity contribution in [3.8, 4) is 6.07 Å². The van der Waals surface area contributed by atoms with Crippen LogP contribution in [0.3, 0.4) is 0 Å². The van der Waals surface area contributed by atoms with Crippen LogP contribution < -0.4 is 16.0 Å². The number of fused-ring (bicyclic) bond motifs is 1. The highest BCUT2D eigenvalue weighted by Crippen LogP contribution is 2.34. The van der Waals surface area contributed by atoms with Crippen molar-refractivity contribution in [2.24, 2.45) is 5.92 Å². The fourth-order valence-electron chi connectivity index (χ4n) is 4.22. The zero-order valence-corrected chi connectivity index (χ0v) is 18.5. The van der Waals surface area contributed by atoms with E-state index < -0.39 is 18.0 Å². The Morgan fingerprint density at radius 3 is 2.79 bits per heavy atom. The summed E-state index contributed by atoms with van der Waals surface area (Å²) in [5, 5.41) is 32.6. The number of pyridine rings is 1. The highest BCUT2D eigenvalue weighted by atomic mass is 19.1. The predicted molar refractivity (Wildman–Crippen MR) is 123 cm³/mol. The number of aryl methyl sites for hydroxylation is 1. The van der Waals surface area contributed by atoms with Gasteiger partial charge in [-0.15, -0.1) is 0 Å². The molecule has 172 valence electrons. The summed E-state index contributed by atoms with van der Waals surface area (Å²) in [6.07, 6.45) is 3.54. The molecule has 1 fully saturated rings. The van der Waals surface area contributed by atoms with E-state index in [2.05, 4.69) is 26.0 Å². The molecule has 0 unspecified atom stereocenters. The number of halogens is 1. The van der Waals surface area contributed by atoms with Gasteiger partial charge >= 0.3 is 6.09 Å². The third-order valence-corrected chi connectivity index (χ3v) is 6.15. The van der Waals surface area contributed by atoms with Crippen LogP contribution in [0.25, 0.3) is 10.9 Å². The average Bonchev–Trinajstić information content (AvgIpc) is 3.15. The molecule has 9 nitrogen and oxygen atoms in total. The van der Waals surface area contributed by atoms with E-state index in [4.69, 9.17) is 5.11 Å². The van der Waals surface area contributed by atoms with Crippen LogP contribution in [-0.4, -0.2) is 38.0 Å². The lowest BCUT2D eigenvalue weighted by Gasteiger charge is -2.38. The standard InChI is InChI=1S/C23H26FN7O2/c1-3-31-19-8-7-17(9-16(19)12-26-31)28-21-15(11-25)10-18(24)22(30-21)29-20(14-5-4-6-14)13(2)27-23(32)33/h7-10,12-14,20,27H,3-6H2,1-2H3,(H,32,33)(H2,28,29,30)/t13-,20+/m0/s1. The topological polar surface area (TPSA) is 128 Å². The molecule has 0 spiro atoms. The van der Waals surface area contributed by atoms with Crippen molar-refractivity contribution in [3.63, 3.8) is 0 Å². The molecule has 1 amide bonds. The number of hydrogen-bond donors (Lipinski definition) is 4. The van der Waals surface area contributed by atoms with Gasteiger partial charge in [0.1, 0.15) is 6.07 Å². The zero-order valence-electron chi connectivity index (χ0n) is 18.5.